The maximum Gasteiger partial charge on any atom is 0.257 e. The third-order valence-electron chi connectivity index (χ3n) is 4.28. The van der Waals surface area contributed by atoms with Crippen molar-refractivity contribution in [2.24, 2.45) is 0 Å². The van der Waals surface area contributed by atoms with Gasteiger partial charge in [-0.25, -0.2) is 14.6 Å². The minimum atomic E-state index is -1.06. The van der Waals surface area contributed by atoms with Crippen LogP contribution in [0, 0.1) is 0 Å². The summed E-state index contributed by atoms with van der Waals surface area (Å²) >= 11 is 0. The zero-order valence-electron chi connectivity index (χ0n) is 15.3. The van der Waals surface area contributed by atoms with Gasteiger partial charge < -0.3 is 14.7 Å². The van der Waals surface area contributed by atoms with Gasteiger partial charge in [-0.1, -0.05) is 5.21 Å². The zero-order valence-corrected chi connectivity index (χ0v) is 15.3. The second kappa shape index (κ2) is 6.95. The van der Waals surface area contributed by atoms with E-state index in [2.05, 4.69) is 20.3 Å². The second-order valence-electron chi connectivity index (χ2n) is 7.09. The van der Waals surface area contributed by atoms with E-state index >= 15 is 0 Å². The number of nitrogens with zero attached hydrogens (tertiary/aromatic N) is 6. The van der Waals surface area contributed by atoms with Gasteiger partial charge in [-0.3, -0.25) is 0 Å². The molecule has 2 aromatic rings. The second-order valence-corrected chi connectivity index (χ2v) is 7.09. The Morgan fingerprint density at radius 3 is 2.64 bits per heavy atom. The molecule has 1 atom stereocenters. The van der Waals surface area contributed by atoms with Gasteiger partial charge in [0, 0.05) is 25.0 Å². The van der Waals surface area contributed by atoms with Crippen molar-refractivity contribution in [1.82, 2.24) is 25.0 Å². The lowest BCUT2D eigenvalue weighted by Crippen LogP contribution is -2.47. The number of aliphatic hydroxyl groups is 1. The van der Waals surface area contributed by atoms with E-state index in [4.69, 9.17) is 4.74 Å². The monoisotopic (exact) mass is 346 g/mol. The van der Waals surface area contributed by atoms with Crippen molar-refractivity contribution in [1.29, 1.82) is 0 Å². The van der Waals surface area contributed by atoms with Gasteiger partial charge in [0.05, 0.1) is 18.8 Å². The van der Waals surface area contributed by atoms with Crippen molar-refractivity contribution in [3.63, 3.8) is 0 Å². The molecule has 8 heteroatoms. The van der Waals surface area contributed by atoms with Crippen LogP contribution in [-0.4, -0.2) is 49.3 Å². The van der Waals surface area contributed by atoms with Gasteiger partial charge >= 0.3 is 0 Å². The fourth-order valence-corrected chi connectivity index (χ4v) is 3.01. The number of β-amino-alcohol motifs (C(OH)–C–C–N with tert-alkyl or cyclic N) is 1. The molecule has 0 aliphatic carbocycles. The van der Waals surface area contributed by atoms with Gasteiger partial charge in [-0.15, -0.1) is 5.10 Å². The summed E-state index contributed by atoms with van der Waals surface area (Å²) < 4.78 is 7.54. The normalized spacial score (nSPS) is 21.2. The fourth-order valence-electron chi connectivity index (χ4n) is 3.01. The number of hydrogen-bond donors (Lipinski definition) is 1. The summed E-state index contributed by atoms with van der Waals surface area (Å²) in [5, 5.41) is 19.5. The molecule has 1 N–H and O–H groups in total. The van der Waals surface area contributed by atoms with Crippen LogP contribution in [0.25, 0.3) is 0 Å². The maximum atomic E-state index is 11.2. The van der Waals surface area contributed by atoms with Crippen LogP contribution in [0.15, 0.2) is 18.6 Å². The molecule has 2 aromatic heterocycles. The first-order valence-corrected chi connectivity index (χ1v) is 8.76. The third-order valence-corrected chi connectivity index (χ3v) is 4.28. The first-order chi connectivity index (χ1) is 11.9. The Hall–Kier alpha value is -2.22. The van der Waals surface area contributed by atoms with Crippen molar-refractivity contribution >= 4 is 5.82 Å². The Balaban J connectivity index is 1.85. The highest BCUT2D eigenvalue weighted by Gasteiger charge is 2.39. The smallest absolute Gasteiger partial charge is 0.257 e. The summed E-state index contributed by atoms with van der Waals surface area (Å²) in [6.07, 6.45) is 6.56. The largest absolute Gasteiger partial charge is 0.472 e. The molecular weight excluding hydrogens is 320 g/mol. The molecule has 8 nitrogen and oxygen atoms in total. The summed E-state index contributed by atoms with van der Waals surface area (Å²) in [5.41, 5.74) is -0.459. The Morgan fingerprint density at radius 2 is 1.96 bits per heavy atom. The van der Waals surface area contributed by atoms with E-state index in [0.29, 0.717) is 30.4 Å². The van der Waals surface area contributed by atoms with Crippen molar-refractivity contribution in [2.45, 2.75) is 58.3 Å². The molecule has 1 fully saturated rings. The lowest BCUT2D eigenvalue weighted by Gasteiger charge is -2.38. The maximum absolute atomic E-state index is 11.2. The van der Waals surface area contributed by atoms with E-state index in [-0.39, 0.29) is 12.1 Å². The quantitative estimate of drug-likeness (QED) is 0.884. The molecular formula is C17H26N6O2. The van der Waals surface area contributed by atoms with Gasteiger partial charge in [-0.2, -0.15) is 0 Å². The molecule has 1 unspecified atom stereocenters. The summed E-state index contributed by atoms with van der Waals surface area (Å²) in [6, 6.07) is 0.204. The van der Waals surface area contributed by atoms with Crippen molar-refractivity contribution in [3.05, 3.63) is 24.3 Å². The van der Waals surface area contributed by atoms with Crippen LogP contribution >= 0.6 is 0 Å². The first kappa shape index (κ1) is 17.6. The molecule has 136 valence electrons. The molecule has 3 heterocycles. The van der Waals surface area contributed by atoms with Crippen LogP contribution in [0.5, 0.6) is 5.88 Å². The van der Waals surface area contributed by atoms with E-state index in [1.807, 2.05) is 38.8 Å². The van der Waals surface area contributed by atoms with Gasteiger partial charge in [-0.05, 0) is 40.5 Å². The Bertz CT molecular complexity index is 717. The molecule has 3 rings (SSSR count). The number of ether oxygens (including phenoxy) is 1. The van der Waals surface area contributed by atoms with Crippen LogP contribution < -0.4 is 9.64 Å². The number of rotatable bonds is 5. The molecule has 0 radical (unpaired) electrons. The van der Waals surface area contributed by atoms with Crippen LogP contribution in [-0.2, 0) is 5.60 Å². The number of anilines is 1. The Labute approximate surface area is 147 Å². The molecule has 1 aliphatic rings. The third kappa shape index (κ3) is 3.73. The van der Waals surface area contributed by atoms with Gasteiger partial charge in [0.25, 0.3) is 5.88 Å². The van der Waals surface area contributed by atoms with E-state index in [0.717, 1.165) is 13.0 Å². The lowest BCUT2D eigenvalue weighted by molar-refractivity contribution is 0.0172. The predicted octanol–water partition coefficient (Wildman–Crippen LogP) is 1.92. The summed E-state index contributed by atoms with van der Waals surface area (Å²) in [6.45, 7) is 9.14. The number of aromatic nitrogens is 5. The van der Waals surface area contributed by atoms with Crippen molar-refractivity contribution < 1.29 is 9.84 Å². The van der Waals surface area contributed by atoms with Crippen LogP contribution in [0.4, 0.5) is 5.82 Å². The summed E-state index contributed by atoms with van der Waals surface area (Å²) in [5.74, 6) is 1.15. The highest BCUT2D eigenvalue weighted by Crippen LogP contribution is 2.34. The molecule has 0 bridgehead atoms. The standard InChI is InChI=1S/C17H26N6O2/c1-12(2)23-10-14(20-21-23)17(24)6-5-9-22(11-17)15-16(25-13(3)4)19-8-7-18-15/h7-8,10,12-13,24H,5-6,9,11H2,1-4H3. The first-order valence-electron chi connectivity index (χ1n) is 8.76. The van der Waals surface area contributed by atoms with Gasteiger partial charge in [0.2, 0.25) is 0 Å². The highest BCUT2D eigenvalue weighted by molar-refractivity contribution is 5.49. The van der Waals surface area contributed by atoms with Crippen molar-refractivity contribution in [2.75, 3.05) is 18.0 Å². The van der Waals surface area contributed by atoms with Crippen LogP contribution in [0.1, 0.15) is 52.3 Å². The molecule has 1 aliphatic heterocycles. The molecule has 0 aromatic carbocycles. The highest BCUT2D eigenvalue weighted by atomic mass is 16.5. The molecule has 0 spiro atoms. The lowest BCUT2D eigenvalue weighted by atomic mass is 9.90. The number of piperidine rings is 1. The minimum absolute atomic E-state index is 0.00469. The average Bonchev–Trinajstić information content (AvgIpc) is 3.06. The average molecular weight is 346 g/mol. The Morgan fingerprint density at radius 1 is 1.20 bits per heavy atom. The molecule has 25 heavy (non-hydrogen) atoms. The number of hydrogen-bond acceptors (Lipinski definition) is 7. The van der Waals surface area contributed by atoms with E-state index in [1.54, 1.807) is 17.1 Å². The SMILES string of the molecule is CC(C)Oc1nccnc1N1CCCC(O)(c2cn(C(C)C)nn2)C1. The van der Waals surface area contributed by atoms with E-state index in [9.17, 15) is 5.11 Å². The summed E-state index contributed by atoms with van der Waals surface area (Å²) in [7, 11) is 0. The molecule has 0 amide bonds. The molecule has 1 saturated heterocycles. The van der Waals surface area contributed by atoms with Crippen LogP contribution in [0.3, 0.4) is 0 Å². The topological polar surface area (TPSA) is 89.2 Å². The Kier molecular flexibility index (Phi) is 4.89. The fraction of sp³-hybridized carbons (Fsp3) is 0.647. The van der Waals surface area contributed by atoms with Crippen LogP contribution in [0.2, 0.25) is 0 Å². The van der Waals surface area contributed by atoms with E-state index < -0.39 is 5.60 Å². The van der Waals surface area contributed by atoms with Gasteiger partial charge in [0.15, 0.2) is 5.82 Å². The zero-order chi connectivity index (χ0) is 18.0. The van der Waals surface area contributed by atoms with Gasteiger partial charge in [0.1, 0.15) is 11.3 Å². The minimum Gasteiger partial charge on any atom is -0.472 e. The van der Waals surface area contributed by atoms with E-state index in [1.165, 1.54) is 0 Å². The predicted molar refractivity (Wildman–Crippen MR) is 93.5 cm³/mol. The summed E-state index contributed by atoms with van der Waals surface area (Å²) in [4.78, 5) is 10.8. The molecule has 0 saturated carbocycles. The van der Waals surface area contributed by atoms with Crippen molar-refractivity contribution in [3.8, 4) is 5.88 Å².